The minimum Gasteiger partial charge on any atom is -0.381 e. The third-order valence-corrected chi connectivity index (χ3v) is 14.2. The average molecular weight is 368 g/mol. The van der Waals surface area contributed by atoms with Crippen LogP contribution < -0.4 is 0 Å². The number of ether oxygens (including phenoxy) is 1. The van der Waals surface area contributed by atoms with Crippen LogP contribution in [-0.2, 0) is 18.0 Å². The van der Waals surface area contributed by atoms with Crippen LogP contribution in [0.25, 0.3) is 0 Å². The van der Waals surface area contributed by atoms with Gasteiger partial charge >= 0.3 is 8.80 Å². The maximum atomic E-state index is 5.77. The first-order chi connectivity index (χ1) is 10.0. The Morgan fingerprint density at radius 1 is 0.727 bits per heavy atom. The van der Waals surface area contributed by atoms with Crippen LogP contribution in [0, 0.1) is 0 Å². The predicted molar refractivity (Wildman–Crippen MR) is 100 cm³/mol. The zero-order valence-electron chi connectivity index (χ0n) is 16.1. The number of nitrogens with zero attached hydrogens (tertiary/aromatic N) is 1. The van der Waals surface area contributed by atoms with E-state index in [2.05, 4.69) is 43.5 Å². The molecule has 0 N–H and O–H groups in total. The highest BCUT2D eigenvalue weighted by Crippen LogP contribution is 2.20. The topological polar surface area (TPSA) is 40.2 Å². The molecule has 5 nitrogen and oxygen atoms in total. The first-order valence-electron chi connectivity index (χ1n) is 8.03. The molecule has 0 aromatic carbocycles. The molecule has 0 aromatic heterocycles. The van der Waals surface area contributed by atoms with Crippen LogP contribution >= 0.6 is 0 Å². The largest absolute Gasteiger partial charge is 0.502 e. The standard InChI is InChI=1S/C14H37NO4Si3/c1-16-22(17-2,18-3)14-13-19-12-10-11-15(20(4,5)6)21(7,8)9/h10-14H2,1-9H3. The monoisotopic (exact) mass is 367 g/mol. The summed E-state index contributed by atoms with van der Waals surface area (Å²) in [4.78, 5) is 0. The Morgan fingerprint density at radius 2 is 1.18 bits per heavy atom. The third-order valence-electron chi connectivity index (χ3n) is 3.78. The summed E-state index contributed by atoms with van der Waals surface area (Å²) in [5.74, 6) is 0. The van der Waals surface area contributed by atoms with Crippen molar-refractivity contribution in [1.82, 2.24) is 4.23 Å². The molecule has 0 unspecified atom stereocenters. The second-order valence-corrected chi connectivity index (χ2v) is 20.8. The Labute approximate surface area is 140 Å². The summed E-state index contributed by atoms with van der Waals surface area (Å²) in [6.45, 7) is 17.2. The lowest BCUT2D eigenvalue weighted by molar-refractivity contribution is 0.0941. The lowest BCUT2D eigenvalue weighted by atomic mass is 10.5. The quantitative estimate of drug-likeness (QED) is 0.391. The number of hydrogen-bond donors (Lipinski definition) is 0. The number of hydrogen-bond acceptors (Lipinski definition) is 5. The van der Waals surface area contributed by atoms with Gasteiger partial charge in [0.05, 0.1) is 6.61 Å². The minimum absolute atomic E-state index is 0.627. The molecule has 0 aliphatic rings. The molecule has 0 radical (unpaired) electrons. The maximum Gasteiger partial charge on any atom is 0.502 e. The average Bonchev–Trinajstić information content (AvgIpc) is 2.40. The van der Waals surface area contributed by atoms with Crippen LogP contribution in [0.2, 0.25) is 45.3 Å². The highest BCUT2D eigenvalue weighted by atomic mass is 28.4. The lowest BCUT2D eigenvalue weighted by Gasteiger charge is -2.43. The van der Waals surface area contributed by atoms with E-state index in [1.54, 1.807) is 21.3 Å². The van der Waals surface area contributed by atoms with E-state index < -0.39 is 25.3 Å². The summed E-state index contributed by atoms with van der Waals surface area (Å²) in [7, 11) is -0.0701. The molecular weight excluding hydrogens is 330 g/mol. The summed E-state index contributed by atoms with van der Waals surface area (Å²) in [5, 5.41) is 0. The second kappa shape index (κ2) is 9.68. The molecule has 0 aliphatic heterocycles. The fourth-order valence-electron chi connectivity index (χ4n) is 2.86. The molecule has 0 atom stereocenters. The van der Waals surface area contributed by atoms with Gasteiger partial charge < -0.3 is 22.2 Å². The van der Waals surface area contributed by atoms with Crippen LogP contribution in [0.5, 0.6) is 0 Å². The van der Waals surface area contributed by atoms with Crippen molar-refractivity contribution in [1.29, 1.82) is 0 Å². The van der Waals surface area contributed by atoms with Crippen molar-refractivity contribution in [3.8, 4) is 0 Å². The molecule has 0 saturated heterocycles. The molecule has 0 saturated carbocycles. The van der Waals surface area contributed by atoms with Crippen molar-refractivity contribution in [2.24, 2.45) is 0 Å². The van der Waals surface area contributed by atoms with Crippen LogP contribution in [0.4, 0.5) is 0 Å². The molecule has 22 heavy (non-hydrogen) atoms. The molecule has 0 bridgehead atoms. The summed E-state index contributed by atoms with van der Waals surface area (Å²) in [5.41, 5.74) is 0. The zero-order valence-corrected chi connectivity index (χ0v) is 19.1. The van der Waals surface area contributed by atoms with Crippen molar-refractivity contribution >= 4 is 25.3 Å². The Hall–Kier alpha value is 0.451. The summed E-state index contributed by atoms with van der Waals surface area (Å²) in [6.07, 6.45) is 1.08. The lowest BCUT2D eigenvalue weighted by Crippen LogP contribution is -2.59. The van der Waals surface area contributed by atoms with Crippen molar-refractivity contribution in [3.63, 3.8) is 0 Å². The first-order valence-corrected chi connectivity index (χ1v) is 16.9. The van der Waals surface area contributed by atoms with E-state index in [9.17, 15) is 0 Å². The molecule has 0 fully saturated rings. The molecule has 134 valence electrons. The van der Waals surface area contributed by atoms with Gasteiger partial charge in [0, 0.05) is 34.0 Å². The normalized spacial score (nSPS) is 13.9. The van der Waals surface area contributed by atoms with Crippen molar-refractivity contribution in [2.45, 2.75) is 51.7 Å². The summed E-state index contributed by atoms with van der Waals surface area (Å²) in [6, 6.07) is 0.697. The van der Waals surface area contributed by atoms with E-state index in [0.717, 1.165) is 19.6 Å². The molecule has 0 amide bonds. The van der Waals surface area contributed by atoms with Gasteiger partial charge in [-0.15, -0.1) is 0 Å². The van der Waals surface area contributed by atoms with Crippen molar-refractivity contribution in [3.05, 3.63) is 0 Å². The molecule has 8 heteroatoms. The smallest absolute Gasteiger partial charge is 0.381 e. The minimum atomic E-state index is -2.48. The van der Waals surface area contributed by atoms with E-state index in [0.29, 0.717) is 12.7 Å². The third kappa shape index (κ3) is 7.82. The van der Waals surface area contributed by atoms with Gasteiger partial charge in [-0.25, -0.2) is 0 Å². The first kappa shape index (κ1) is 22.5. The molecule has 0 heterocycles. The van der Waals surface area contributed by atoms with Crippen LogP contribution in [0.1, 0.15) is 6.42 Å². The Kier molecular flexibility index (Phi) is 9.87. The molecular formula is C14H37NO4Si3. The molecule has 0 spiro atoms. The maximum absolute atomic E-state index is 5.77. The fourth-order valence-corrected chi connectivity index (χ4v) is 14.1. The van der Waals surface area contributed by atoms with E-state index in [1.807, 2.05) is 0 Å². The van der Waals surface area contributed by atoms with Gasteiger partial charge in [-0.05, 0) is 13.0 Å². The van der Waals surface area contributed by atoms with E-state index >= 15 is 0 Å². The zero-order chi connectivity index (χ0) is 17.4. The van der Waals surface area contributed by atoms with Crippen LogP contribution in [0.15, 0.2) is 0 Å². The van der Waals surface area contributed by atoms with Crippen molar-refractivity contribution < 1.29 is 18.0 Å². The van der Waals surface area contributed by atoms with E-state index in [4.69, 9.17) is 18.0 Å². The van der Waals surface area contributed by atoms with Gasteiger partial charge in [0.25, 0.3) is 0 Å². The van der Waals surface area contributed by atoms with Crippen LogP contribution in [0.3, 0.4) is 0 Å². The highest BCUT2D eigenvalue weighted by molar-refractivity contribution is 6.89. The SMILES string of the molecule is CO[Si](CCOCCCN([Si](C)(C)C)[Si](C)(C)C)(OC)OC. The van der Waals surface area contributed by atoms with E-state index in [1.165, 1.54) is 0 Å². The van der Waals surface area contributed by atoms with E-state index in [-0.39, 0.29) is 0 Å². The Balaban J connectivity index is 4.12. The van der Waals surface area contributed by atoms with Crippen LogP contribution in [-0.4, -0.2) is 70.6 Å². The van der Waals surface area contributed by atoms with Gasteiger partial charge in [0.15, 0.2) is 0 Å². The van der Waals surface area contributed by atoms with Gasteiger partial charge in [0.2, 0.25) is 0 Å². The number of rotatable bonds is 12. The summed E-state index contributed by atoms with van der Waals surface area (Å²) >= 11 is 0. The molecule has 0 rings (SSSR count). The second-order valence-electron chi connectivity index (χ2n) is 7.50. The fraction of sp³-hybridized carbons (Fsp3) is 1.00. The van der Waals surface area contributed by atoms with Gasteiger partial charge in [-0.2, -0.15) is 0 Å². The summed E-state index contributed by atoms with van der Waals surface area (Å²) < 4.78 is 24.7. The van der Waals surface area contributed by atoms with Gasteiger partial charge in [0.1, 0.15) is 16.5 Å². The predicted octanol–water partition coefficient (Wildman–Crippen LogP) is 3.24. The van der Waals surface area contributed by atoms with Gasteiger partial charge in [-0.1, -0.05) is 39.3 Å². The Morgan fingerprint density at radius 3 is 1.55 bits per heavy atom. The van der Waals surface area contributed by atoms with Gasteiger partial charge in [-0.3, -0.25) is 0 Å². The molecule has 0 aromatic rings. The Bertz CT molecular complexity index is 279. The van der Waals surface area contributed by atoms with Crippen molar-refractivity contribution in [2.75, 3.05) is 41.1 Å². The highest BCUT2D eigenvalue weighted by Gasteiger charge is 2.37. The molecule has 0 aliphatic carbocycles.